The Bertz CT molecular complexity index is 603. The first-order valence-corrected chi connectivity index (χ1v) is 6.50. The van der Waals surface area contributed by atoms with Crippen molar-refractivity contribution in [2.24, 2.45) is 0 Å². The molecule has 2 rings (SSSR count). The zero-order chi connectivity index (χ0) is 15.8. The third kappa shape index (κ3) is 3.41. The van der Waals surface area contributed by atoms with Crippen molar-refractivity contribution in [2.75, 3.05) is 24.7 Å². The highest BCUT2D eigenvalue weighted by Crippen LogP contribution is 2.33. The minimum atomic E-state index is -4.47. The van der Waals surface area contributed by atoms with E-state index in [1.807, 2.05) is 0 Å². The van der Waals surface area contributed by atoms with Gasteiger partial charge in [-0.3, -0.25) is 9.59 Å². The number of fused-ring (bicyclic) bond motifs is 1. The van der Waals surface area contributed by atoms with Crippen molar-refractivity contribution < 1.29 is 31.9 Å². The van der Waals surface area contributed by atoms with Gasteiger partial charge in [-0.1, -0.05) is 0 Å². The van der Waals surface area contributed by atoms with Crippen LogP contribution in [0.3, 0.4) is 0 Å². The number of amides is 1. The van der Waals surface area contributed by atoms with Crippen LogP contribution in [-0.4, -0.2) is 37.6 Å². The van der Waals surface area contributed by atoms with Crippen molar-refractivity contribution in [1.29, 1.82) is 0 Å². The standard InChI is InChI=1S/C12H8BrF4NO3/c13-7-3-6-9(4-8(7)14)18(11(20)10(6)19)1-2-21-5-12(15,16)17/h3-4H,1-2,5H2. The number of halogens is 5. The second-order valence-corrected chi connectivity index (χ2v) is 5.09. The van der Waals surface area contributed by atoms with Crippen molar-refractivity contribution in [3.05, 3.63) is 28.0 Å². The molecule has 1 aromatic rings. The van der Waals surface area contributed by atoms with Gasteiger partial charge < -0.3 is 9.64 Å². The zero-order valence-corrected chi connectivity index (χ0v) is 11.9. The molecule has 0 saturated carbocycles. The van der Waals surface area contributed by atoms with Gasteiger partial charge in [-0.05, 0) is 28.1 Å². The van der Waals surface area contributed by atoms with E-state index in [-0.39, 0.29) is 22.3 Å². The van der Waals surface area contributed by atoms with E-state index in [1.165, 1.54) is 6.07 Å². The molecule has 4 nitrogen and oxygen atoms in total. The van der Waals surface area contributed by atoms with E-state index in [1.54, 1.807) is 0 Å². The molecule has 1 amide bonds. The van der Waals surface area contributed by atoms with E-state index >= 15 is 0 Å². The van der Waals surface area contributed by atoms with Gasteiger partial charge in [0.15, 0.2) is 0 Å². The van der Waals surface area contributed by atoms with Crippen molar-refractivity contribution in [3.8, 4) is 0 Å². The fraction of sp³-hybridized carbons (Fsp3) is 0.333. The number of rotatable bonds is 4. The van der Waals surface area contributed by atoms with Crippen molar-refractivity contribution in [3.63, 3.8) is 0 Å². The fourth-order valence-electron chi connectivity index (χ4n) is 1.85. The second kappa shape index (κ2) is 5.72. The Balaban J connectivity index is 2.10. The molecule has 0 N–H and O–H groups in total. The molecule has 1 aliphatic heterocycles. The monoisotopic (exact) mass is 369 g/mol. The van der Waals surface area contributed by atoms with E-state index in [9.17, 15) is 27.2 Å². The molecular weight excluding hydrogens is 362 g/mol. The predicted octanol–water partition coefficient (Wildman–Crippen LogP) is 2.70. The first-order chi connectivity index (χ1) is 9.70. The van der Waals surface area contributed by atoms with Crippen LogP contribution >= 0.6 is 15.9 Å². The number of Topliss-reactive ketones (excluding diaryl/α,β-unsaturated/α-hetero) is 1. The summed E-state index contributed by atoms with van der Waals surface area (Å²) in [6.45, 7) is -2.14. The Morgan fingerprint density at radius 1 is 1.24 bits per heavy atom. The zero-order valence-electron chi connectivity index (χ0n) is 10.3. The average molecular weight is 370 g/mol. The van der Waals surface area contributed by atoms with Crippen molar-refractivity contribution in [1.82, 2.24) is 0 Å². The van der Waals surface area contributed by atoms with Gasteiger partial charge in [-0.2, -0.15) is 13.2 Å². The number of ketones is 1. The predicted molar refractivity (Wildman–Crippen MR) is 67.7 cm³/mol. The van der Waals surface area contributed by atoms with E-state index in [4.69, 9.17) is 0 Å². The maximum absolute atomic E-state index is 13.5. The SMILES string of the molecule is O=C1C(=O)N(CCOCC(F)(F)F)c2cc(F)c(Br)cc21. The van der Waals surface area contributed by atoms with E-state index < -0.39 is 36.9 Å². The molecule has 0 bridgehead atoms. The van der Waals surface area contributed by atoms with Crippen LogP contribution in [0.2, 0.25) is 0 Å². The second-order valence-electron chi connectivity index (χ2n) is 4.24. The lowest BCUT2D eigenvalue weighted by Crippen LogP contribution is -2.33. The third-order valence-electron chi connectivity index (χ3n) is 2.74. The van der Waals surface area contributed by atoms with Crippen LogP contribution in [0.25, 0.3) is 0 Å². The number of nitrogens with zero attached hydrogens (tertiary/aromatic N) is 1. The Kier molecular flexibility index (Phi) is 4.33. The lowest BCUT2D eigenvalue weighted by Gasteiger charge is -2.17. The minimum absolute atomic E-state index is 0.00379. The van der Waals surface area contributed by atoms with Gasteiger partial charge in [-0.25, -0.2) is 4.39 Å². The van der Waals surface area contributed by atoms with E-state index in [0.29, 0.717) is 0 Å². The molecule has 0 saturated heterocycles. The summed E-state index contributed by atoms with van der Waals surface area (Å²) < 4.78 is 53.6. The molecule has 0 aliphatic carbocycles. The molecule has 9 heteroatoms. The van der Waals surface area contributed by atoms with Crippen LogP contribution in [0.4, 0.5) is 23.2 Å². The van der Waals surface area contributed by atoms with Gasteiger partial charge >= 0.3 is 6.18 Å². The topological polar surface area (TPSA) is 46.6 Å². The highest BCUT2D eigenvalue weighted by molar-refractivity contribution is 9.10. The van der Waals surface area contributed by atoms with Crippen LogP contribution in [-0.2, 0) is 9.53 Å². The summed E-state index contributed by atoms with van der Waals surface area (Å²) in [7, 11) is 0. The van der Waals surface area contributed by atoms with Crippen molar-refractivity contribution >= 4 is 33.3 Å². The molecule has 0 atom stereocenters. The summed E-state index contributed by atoms with van der Waals surface area (Å²) >= 11 is 2.90. The van der Waals surface area contributed by atoms with Crippen LogP contribution in [0.5, 0.6) is 0 Å². The average Bonchev–Trinajstić information content (AvgIpc) is 2.59. The molecule has 114 valence electrons. The molecule has 21 heavy (non-hydrogen) atoms. The van der Waals surface area contributed by atoms with Gasteiger partial charge in [0.25, 0.3) is 11.7 Å². The minimum Gasteiger partial charge on any atom is -0.370 e. The normalized spacial score (nSPS) is 14.8. The lowest BCUT2D eigenvalue weighted by atomic mass is 10.1. The van der Waals surface area contributed by atoms with E-state index in [2.05, 4.69) is 20.7 Å². The van der Waals surface area contributed by atoms with Gasteiger partial charge in [0.2, 0.25) is 0 Å². The van der Waals surface area contributed by atoms with Gasteiger partial charge in [0.05, 0.1) is 22.3 Å². The molecule has 0 unspecified atom stereocenters. The van der Waals surface area contributed by atoms with Crippen molar-refractivity contribution in [2.45, 2.75) is 6.18 Å². The summed E-state index contributed by atoms with van der Waals surface area (Å²) in [5, 5.41) is 0. The first kappa shape index (κ1) is 15.9. The highest BCUT2D eigenvalue weighted by atomic mass is 79.9. The number of carbonyl (C=O) groups excluding carboxylic acids is 2. The number of carbonyl (C=O) groups is 2. The van der Waals surface area contributed by atoms with Gasteiger partial charge in [-0.15, -0.1) is 0 Å². The summed E-state index contributed by atoms with van der Waals surface area (Å²) in [6, 6.07) is 2.15. The summed E-state index contributed by atoms with van der Waals surface area (Å²) in [5.74, 6) is -2.43. The number of benzene rings is 1. The maximum Gasteiger partial charge on any atom is 0.411 e. The number of anilines is 1. The molecule has 0 aromatic heterocycles. The summed E-state index contributed by atoms with van der Waals surface area (Å²) in [5.41, 5.74) is 0.0328. The maximum atomic E-state index is 13.5. The molecule has 0 spiro atoms. The number of ether oxygens (including phenoxy) is 1. The van der Waals surface area contributed by atoms with Gasteiger partial charge in [0.1, 0.15) is 12.4 Å². The fourth-order valence-corrected chi connectivity index (χ4v) is 2.20. The first-order valence-electron chi connectivity index (χ1n) is 5.70. The quantitative estimate of drug-likeness (QED) is 0.465. The largest absolute Gasteiger partial charge is 0.411 e. The Morgan fingerprint density at radius 3 is 2.52 bits per heavy atom. The number of hydrogen-bond donors (Lipinski definition) is 0. The van der Waals surface area contributed by atoms with Crippen LogP contribution in [0, 0.1) is 5.82 Å². The van der Waals surface area contributed by atoms with Crippen LogP contribution < -0.4 is 4.90 Å². The lowest BCUT2D eigenvalue weighted by molar-refractivity contribution is -0.173. The molecule has 1 aromatic carbocycles. The summed E-state index contributed by atoms with van der Waals surface area (Å²) in [6.07, 6.45) is -4.47. The van der Waals surface area contributed by atoms with Crippen LogP contribution in [0.15, 0.2) is 16.6 Å². The Hall–Kier alpha value is -1.48. The van der Waals surface area contributed by atoms with Crippen LogP contribution in [0.1, 0.15) is 10.4 Å². The molecule has 0 radical (unpaired) electrons. The highest BCUT2D eigenvalue weighted by Gasteiger charge is 2.36. The third-order valence-corrected chi connectivity index (χ3v) is 3.35. The molecule has 1 heterocycles. The molecular formula is C12H8BrF4NO3. The molecule has 1 aliphatic rings. The molecule has 0 fully saturated rings. The summed E-state index contributed by atoms with van der Waals surface area (Å²) in [4.78, 5) is 24.4. The van der Waals surface area contributed by atoms with Gasteiger partial charge in [0, 0.05) is 6.54 Å². The number of hydrogen-bond acceptors (Lipinski definition) is 3. The number of alkyl halides is 3. The smallest absolute Gasteiger partial charge is 0.370 e. The van der Waals surface area contributed by atoms with E-state index in [0.717, 1.165) is 11.0 Å². The Labute approximate surface area is 124 Å². The Morgan fingerprint density at radius 2 is 1.90 bits per heavy atom.